The van der Waals surface area contributed by atoms with Gasteiger partial charge >= 0.3 is 0 Å². The summed E-state index contributed by atoms with van der Waals surface area (Å²) in [5, 5.41) is 7.48. The monoisotopic (exact) mass is 499 g/mol. The van der Waals surface area contributed by atoms with Crippen LogP contribution in [-0.2, 0) is 4.74 Å². The number of hydrogen-bond acceptors (Lipinski definition) is 8. The van der Waals surface area contributed by atoms with E-state index < -0.39 is 0 Å². The number of anilines is 2. The van der Waals surface area contributed by atoms with E-state index in [0.717, 1.165) is 54.9 Å². The van der Waals surface area contributed by atoms with Crippen LogP contribution in [0.4, 0.5) is 11.6 Å². The highest BCUT2D eigenvalue weighted by atomic mass is 16.5. The van der Waals surface area contributed by atoms with E-state index in [0.29, 0.717) is 42.7 Å². The number of fused-ring (bicyclic) bond motifs is 1. The van der Waals surface area contributed by atoms with Crippen molar-refractivity contribution in [3.63, 3.8) is 0 Å². The van der Waals surface area contributed by atoms with Gasteiger partial charge in [0.2, 0.25) is 5.95 Å². The molecule has 2 aliphatic rings. The van der Waals surface area contributed by atoms with Crippen LogP contribution in [0.5, 0.6) is 5.75 Å². The van der Waals surface area contributed by atoms with Crippen LogP contribution in [0.1, 0.15) is 23.3 Å². The zero-order chi connectivity index (χ0) is 25.0. The van der Waals surface area contributed by atoms with Crippen LogP contribution in [-0.4, -0.2) is 76.2 Å². The van der Waals surface area contributed by atoms with Crippen LogP contribution >= 0.6 is 0 Å². The first-order valence-electron chi connectivity index (χ1n) is 12.6. The molecule has 2 saturated heterocycles. The molecule has 3 N–H and O–H groups in total. The maximum atomic E-state index is 12.9. The molecule has 0 radical (unpaired) electrons. The summed E-state index contributed by atoms with van der Waals surface area (Å²) < 4.78 is 11.6. The molecule has 37 heavy (non-hydrogen) atoms. The standard InChI is InChI=1S/C27H29N7O3/c35-26(34-11-9-28-10-12-34)25-15-18-14-19(3-4-22(18)32-25)31-27-30-8-6-23(33-27)24-16-20(5-7-29-24)37-17-21-2-1-13-36-21/h3-8,14-16,21,28,32H,1-2,9-13,17H2,(H,30,31,33)/t21-/m1/s1. The number of nitrogens with zero attached hydrogens (tertiary/aromatic N) is 4. The van der Waals surface area contributed by atoms with Gasteiger partial charge < -0.3 is 30.0 Å². The molecule has 0 spiro atoms. The lowest BCUT2D eigenvalue weighted by Crippen LogP contribution is -2.46. The van der Waals surface area contributed by atoms with Gasteiger partial charge in [-0.25, -0.2) is 9.97 Å². The van der Waals surface area contributed by atoms with Gasteiger partial charge in [-0.2, -0.15) is 0 Å². The van der Waals surface area contributed by atoms with E-state index in [2.05, 4.69) is 30.6 Å². The molecule has 4 aromatic rings. The maximum absolute atomic E-state index is 12.9. The summed E-state index contributed by atoms with van der Waals surface area (Å²) in [6.07, 6.45) is 5.68. The van der Waals surface area contributed by atoms with Crippen molar-refractivity contribution in [1.82, 2.24) is 30.2 Å². The summed E-state index contributed by atoms with van der Waals surface area (Å²) >= 11 is 0. The Kier molecular flexibility index (Phi) is 6.66. The quantitative estimate of drug-likeness (QED) is 0.354. The van der Waals surface area contributed by atoms with Crippen LogP contribution in [0.3, 0.4) is 0 Å². The number of piperazine rings is 1. The van der Waals surface area contributed by atoms with Crippen molar-refractivity contribution in [2.45, 2.75) is 18.9 Å². The molecule has 6 rings (SSSR count). The first-order valence-corrected chi connectivity index (χ1v) is 12.6. The Morgan fingerprint density at radius 3 is 2.84 bits per heavy atom. The third-order valence-electron chi connectivity index (χ3n) is 6.62. The lowest BCUT2D eigenvalue weighted by atomic mass is 10.2. The third kappa shape index (κ3) is 5.40. The maximum Gasteiger partial charge on any atom is 0.270 e. The molecule has 1 aromatic carbocycles. The molecule has 2 fully saturated rings. The van der Waals surface area contributed by atoms with E-state index in [4.69, 9.17) is 9.47 Å². The molecule has 10 nitrogen and oxygen atoms in total. The van der Waals surface area contributed by atoms with E-state index in [1.807, 2.05) is 47.4 Å². The number of hydrogen-bond donors (Lipinski definition) is 3. The Morgan fingerprint density at radius 2 is 1.97 bits per heavy atom. The highest BCUT2D eigenvalue weighted by molar-refractivity contribution is 5.98. The minimum absolute atomic E-state index is 0.0257. The molecule has 1 atom stereocenters. The van der Waals surface area contributed by atoms with Crippen LogP contribution in [0, 0.1) is 0 Å². The zero-order valence-electron chi connectivity index (χ0n) is 20.4. The number of aromatic nitrogens is 4. The van der Waals surface area contributed by atoms with Gasteiger partial charge in [0.1, 0.15) is 18.1 Å². The second-order valence-electron chi connectivity index (χ2n) is 9.24. The van der Waals surface area contributed by atoms with Gasteiger partial charge in [-0.1, -0.05) is 0 Å². The first-order chi connectivity index (χ1) is 18.2. The van der Waals surface area contributed by atoms with Gasteiger partial charge in [-0.15, -0.1) is 0 Å². The smallest absolute Gasteiger partial charge is 0.270 e. The van der Waals surface area contributed by atoms with Gasteiger partial charge in [-0.3, -0.25) is 9.78 Å². The Labute approximate surface area is 214 Å². The van der Waals surface area contributed by atoms with E-state index in [-0.39, 0.29) is 12.0 Å². The van der Waals surface area contributed by atoms with Crippen LogP contribution in [0.2, 0.25) is 0 Å². The highest BCUT2D eigenvalue weighted by Crippen LogP contribution is 2.25. The highest BCUT2D eigenvalue weighted by Gasteiger charge is 2.20. The Hall–Kier alpha value is -4.02. The molecule has 0 unspecified atom stereocenters. The van der Waals surface area contributed by atoms with Gasteiger partial charge in [0.05, 0.1) is 17.5 Å². The van der Waals surface area contributed by atoms with E-state index in [1.54, 1.807) is 12.4 Å². The average Bonchev–Trinajstić information content (AvgIpc) is 3.62. The zero-order valence-corrected chi connectivity index (χ0v) is 20.4. The minimum atomic E-state index is 0.0257. The van der Waals surface area contributed by atoms with Crippen molar-refractivity contribution in [3.8, 4) is 17.1 Å². The first kappa shape index (κ1) is 23.4. The number of pyridine rings is 1. The Morgan fingerprint density at radius 1 is 1.08 bits per heavy atom. The van der Waals surface area contributed by atoms with Gasteiger partial charge in [-0.05, 0) is 49.2 Å². The fraction of sp³-hybridized carbons (Fsp3) is 0.333. The van der Waals surface area contributed by atoms with Crippen molar-refractivity contribution in [2.75, 3.05) is 44.7 Å². The molecule has 5 heterocycles. The SMILES string of the molecule is O=C(c1cc2cc(Nc3nccc(-c4cc(OC[C@H]5CCCO5)ccn4)n3)ccc2[nH]1)N1CCNCC1. The normalized spacial score (nSPS) is 17.7. The molecule has 0 aliphatic carbocycles. The van der Waals surface area contributed by atoms with E-state index in [9.17, 15) is 4.79 Å². The van der Waals surface area contributed by atoms with Crippen LogP contribution in [0.25, 0.3) is 22.3 Å². The molecular weight excluding hydrogens is 470 g/mol. The molecule has 0 saturated carbocycles. The summed E-state index contributed by atoms with van der Waals surface area (Å²) in [5.41, 5.74) is 3.72. The van der Waals surface area contributed by atoms with Crippen molar-refractivity contribution in [3.05, 3.63) is 60.6 Å². The topological polar surface area (TPSA) is 117 Å². The number of ether oxygens (including phenoxy) is 2. The average molecular weight is 500 g/mol. The van der Waals surface area contributed by atoms with Crippen molar-refractivity contribution in [2.24, 2.45) is 0 Å². The number of amides is 1. The Balaban J connectivity index is 1.16. The van der Waals surface area contributed by atoms with Crippen molar-refractivity contribution >= 4 is 28.4 Å². The van der Waals surface area contributed by atoms with Crippen LogP contribution < -0.4 is 15.4 Å². The molecule has 0 bridgehead atoms. The van der Waals surface area contributed by atoms with Crippen LogP contribution in [0.15, 0.2) is 54.9 Å². The lowest BCUT2D eigenvalue weighted by molar-refractivity contribution is 0.0679. The number of aromatic amines is 1. The predicted octanol–water partition coefficient (Wildman–Crippen LogP) is 3.37. The fourth-order valence-corrected chi connectivity index (χ4v) is 4.66. The summed E-state index contributed by atoms with van der Waals surface area (Å²) in [6, 6.07) is 13.3. The molecular formula is C27H29N7O3. The third-order valence-corrected chi connectivity index (χ3v) is 6.62. The summed E-state index contributed by atoms with van der Waals surface area (Å²) in [6.45, 7) is 4.41. The second-order valence-corrected chi connectivity index (χ2v) is 9.24. The summed E-state index contributed by atoms with van der Waals surface area (Å²) in [7, 11) is 0. The fourth-order valence-electron chi connectivity index (χ4n) is 4.66. The van der Waals surface area contributed by atoms with E-state index >= 15 is 0 Å². The number of rotatable bonds is 7. The number of carbonyl (C=O) groups excluding carboxylic acids is 1. The number of benzene rings is 1. The second kappa shape index (κ2) is 10.5. The van der Waals surface area contributed by atoms with Gasteiger partial charge in [0, 0.05) is 67.8 Å². The predicted molar refractivity (Wildman–Crippen MR) is 140 cm³/mol. The largest absolute Gasteiger partial charge is 0.491 e. The number of nitrogens with one attached hydrogen (secondary N) is 3. The van der Waals surface area contributed by atoms with Crippen molar-refractivity contribution in [1.29, 1.82) is 0 Å². The number of carbonyl (C=O) groups is 1. The van der Waals surface area contributed by atoms with Gasteiger partial charge in [0.15, 0.2) is 0 Å². The van der Waals surface area contributed by atoms with Gasteiger partial charge in [0.25, 0.3) is 5.91 Å². The minimum Gasteiger partial charge on any atom is -0.491 e. The molecule has 190 valence electrons. The Bertz CT molecular complexity index is 1390. The summed E-state index contributed by atoms with van der Waals surface area (Å²) in [4.78, 5) is 31.5. The number of H-pyrrole nitrogens is 1. The van der Waals surface area contributed by atoms with Crippen molar-refractivity contribution < 1.29 is 14.3 Å². The molecule has 1 amide bonds. The summed E-state index contributed by atoms with van der Waals surface area (Å²) in [5.74, 6) is 1.22. The molecule has 10 heteroatoms. The molecule has 3 aromatic heterocycles. The lowest BCUT2D eigenvalue weighted by Gasteiger charge is -2.26. The van der Waals surface area contributed by atoms with E-state index in [1.165, 1.54) is 0 Å². The molecule has 2 aliphatic heterocycles.